The summed E-state index contributed by atoms with van der Waals surface area (Å²) in [6.45, 7) is 0.187. The Balaban J connectivity index is -0.000000908. The number of thiol groups is 3. The Labute approximate surface area is 465 Å². The molecule has 0 saturated heterocycles. The minimum absolute atomic E-state index is 0.0743. The number of carbonyl (C=O) groups is 11. The molecule has 440 valence electrons. The summed E-state index contributed by atoms with van der Waals surface area (Å²) in [6.07, 6.45) is 15.7. The highest BCUT2D eigenvalue weighted by Crippen LogP contribution is 2.13. The maximum Gasteiger partial charge on any atom is 0.326 e. The van der Waals surface area contributed by atoms with Gasteiger partial charge in [0.25, 0.3) is 0 Å². The third-order valence-electron chi connectivity index (χ3n) is 9.97. The summed E-state index contributed by atoms with van der Waals surface area (Å²) in [5.74, 6) is -8.15. The molecule has 75 heavy (non-hydrogen) atoms. The fourth-order valence-electron chi connectivity index (χ4n) is 6.10. The van der Waals surface area contributed by atoms with Crippen molar-refractivity contribution >= 4 is 125 Å². The van der Waals surface area contributed by atoms with Gasteiger partial charge in [0.1, 0.15) is 30.2 Å². The SMILES string of the molecule is CS.CS.CS.CSSC.NC(CCCCNC(=O)CCC(NC(=O)CC[C@H](NC(=O)CCC(NC(=O)CCC(NC(=O)CCCCCCCCCCCCC(=O)O)C(=O)O)C(=O)O)C(=O)O)C(=O)O)C(=O)O.NO. The lowest BCUT2D eigenvalue weighted by Crippen LogP contribution is -2.45. The number of carboxylic acids is 6. The Morgan fingerprint density at radius 3 is 0.907 bits per heavy atom. The van der Waals surface area contributed by atoms with Crippen LogP contribution in [0.15, 0.2) is 0 Å². The molecule has 0 rings (SSSR count). The van der Waals surface area contributed by atoms with Crippen molar-refractivity contribution in [1.29, 1.82) is 0 Å². The van der Waals surface area contributed by atoms with Gasteiger partial charge in [-0.25, -0.2) is 25.1 Å². The summed E-state index contributed by atoms with van der Waals surface area (Å²) < 4.78 is 0. The highest BCUT2D eigenvalue weighted by Gasteiger charge is 2.27. The first-order valence-corrected chi connectivity index (χ1v) is 29.5. The van der Waals surface area contributed by atoms with E-state index in [0.29, 0.717) is 25.7 Å². The van der Waals surface area contributed by atoms with Gasteiger partial charge in [-0.2, -0.15) is 37.9 Å². The van der Waals surface area contributed by atoms with Crippen LogP contribution in [0.4, 0.5) is 0 Å². The lowest BCUT2D eigenvalue weighted by atomic mass is 10.0. The van der Waals surface area contributed by atoms with Crippen molar-refractivity contribution in [2.75, 3.05) is 37.8 Å². The van der Waals surface area contributed by atoms with Crippen LogP contribution in [0.2, 0.25) is 0 Å². The van der Waals surface area contributed by atoms with Gasteiger partial charge in [0.15, 0.2) is 0 Å². The molecule has 16 N–H and O–H groups in total. The zero-order valence-corrected chi connectivity index (χ0v) is 48.1. The van der Waals surface area contributed by atoms with Crippen LogP contribution >= 0.6 is 59.5 Å². The van der Waals surface area contributed by atoms with Crippen LogP contribution < -0.4 is 38.2 Å². The van der Waals surface area contributed by atoms with Gasteiger partial charge in [-0.1, -0.05) is 73.0 Å². The number of hydrogen-bond acceptors (Lipinski definition) is 19. The van der Waals surface area contributed by atoms with Crippen molar-refractivity contribution in [2.45, 2.75) is 178 Å². The number of nitrogens with two attached hydrogens (primary N) is 2. The summed E-state index contributed by atoms with van der Waals surface area (Å²) >= 11 is 10.6. The van der Waals surface area contributed by atoms with Crippen LogP contribution in [-0.4, -0.2) is 169 Å². The highest BCUT2D eigenvalue weighted by atomic mass is 33.1. The molecule has 0 heterocycles. The fourth-order valence-corrected chi connectivity index (χ4v) is 6.10. The highest BCUT2D eigenvalue weighted by molar-refractivity contribution is 8.76. The molecular weight excluding hydrogens is 1090 g/mol. The van der Waals surface area contributed by atoms with Crippen LogP contribution in [0, 0.1) is 0 Å². The maximum atomic E-state index is 12.6. The molecule has 0 aromatic rings. The van der Waals surface area contributed by atoms with Crippen molar-refractivity contribution < 1.29 is 88.6 Å². The average Bonchev–Trinajstić information content (AvgIpc) is 3.38. The average molecular weight is 1170 g/mol. The molecule has 25 nitrogen and oxygen atoms in total. The Morgan fingerprint density at radius 1 is 0.373 bits per heavy atom. The fraction of sp³-hybridized carbons (Fsp3) is 0.756. The van der Waals surface area contributed by atoms with Gasteiger partial charge in [0.2, 0.25) is 29.5 Å². The molecule has 0 aliphatic carbocycles. The third-order valence-corrected chi connectivity index (χ3v) is 11.3. The van der Waals surface area contributed by atoms with Gasteiger partial charge in [0.05, 0.1) is 0 Å². The molecule has 30 heteroatoms. The molecule has 4 unspecified atom stereocenters. The standard InChI is InChI=1S/C40H66N6O17.C2H6S2.3CH4S.H3NO/c41-25(36(54)55)13-11-12-24-42-30(47)20-16-26(37(56)57)44-32(49)22-18-28(39(60)61)46-34(51)23-19-29(40(62)63)45-33(50)21-17-27(38(58)59)43-31(48)14-9-7-5-3-1-2-4-6-8-10-15-35(52)53;1-3-4-2;4*1-2/h25-29H,1-24,41H2,(H,42,47)(H,43,48)(H,44,49)(H,45,50)(H,46,51)(H,52,53)(H,54,55)(H,56,57)(H,58,59)(H,60,61)(H,62,63);1-2H3;3*2H,1H3;2H,1H2/t25?,26?,27?,28-,29?;;;;;/m0...../s1. The largest absolute Gasteiger partial charge is 0.481 e. The molecule has 0 aliphatic rings. The van der Waals surface area contributed by atoms with Crippen molar-refractivity contribution in [3.8, 4) is 0 Å². The minimum atomic E-state index is -1.64. The zero-order valence-electron chi connectivity index (χ0n) is 43.8. The van der Waals surface area contributed by atoms with Gasteiger partial charge in [0, 0.05) is 45.1 Å². The molecule has 0 spiro atoms. The molecule has 5 atom stereocenters. The number of carbonyl (C=O) groups excluding carboxylic acids is 5. The Bertz CT molecular complexity index is 1590. The van der Waals surface area contributed by atoms with Crippen LogP contribution in [0.1, 0.15) is 148 Å². The number of unbranched alkanes of at least 4 members (excludes halogenated alkanes) is 10. The molecule has 0 aromatic carbocycles. The van der Waals surface area contributed by atoms with Crippen LogP contribution in [0.5, 0.6) is 0 Å². The molecule has 0 saturated carbocycles. The van der Waals surface area contributed by atoms with Crippen LogP contribution in [-0.2, 0) is 52.7 Å². The van der Waals surface area contributed by atoms with E-state index in [9.17, 15) is 73.2 Å². The number of carboxylic acid groups (broad SMARTS) is 6. The second kappa shape index (κ2) is 59.1. The van der Waals surface area contributed by atoms with Gasteiger partial charge in [-0.15, -0.1) is 0 Å². The van der Waals surface area contributed by atoms with E-state index in [2.05, 4.69) is 82.9 Å². The van der Waals surface area contributed by atoms with Gasteiger partial charge in [-0.05, 0) is 89.1 Å². The van der Waals surface area contributed by atoms with Gasteiger partial charge >= 0.3 is 35.8 Å². The molecule has 0 bridgehead atoms. The monoisotopic (exact) mass is 1170 g/mol. The van der Waals surface area contributed by atoms with Crippen LogP contribution in [0.3, 0.4) is 0 Å². The topological polar surface area (TPSA) is 442 Å². The molecular formula is C45H87N7O18S5. The molecule has 0 fully saturated rings. The summed E-state index contributed by atoms with van der Waals surface area (Å²) in [5.41, 5.74) is 5.40. The second-order valence-corrected chi connectivity index (χ2v) is 18.2. The predicted octanol–water partition coefficient (Wildman–Crippen LogP) is 3.45. The summed E-state index contributed by atoms with van der Waals surface area (Å²) in [5, 5.41) is 73.5. The summed E-state index contributed by atoms with van der Waals surface area (Å²) in [6, 6.07) is -7.23. The first-order valence-electron chi connectivity index (χ1n) is 23.9. The van der Waals surface area contributed by atoms with E-state index < -0.39 is 128 Å². The summed E-state index contributed by atoms with van der Waals surface area (Å²) in [7, 11) is 3.55. The Hall–Kier alpha value is -4.20. The van der Waals surface area contributed by atoms with E-state index in [0.717, 1.165) is 51.4 Å². The molecule has 0 aliphatic heterocycles. The lowest BCUT2D eigenvalue weighted by molar-refractivity contribution is -0.144. The number of rotatable bonds is 40. The van der Waals surface area contributed by atoms with Crippen molar-refractivity contribution in [1.82, 2.24) is 26.6 Å². The van der Waals surface area contributed by atoms with E-state index >= 15 is 0 Å². The second-order valence-electron chi connectivity index (χ2n) is 15.5. The third kappa shape index (κ3) is 55.8. The van der Waals surface area contributed by atoms with Gasteiger partial charge < -0.3 is 68.2 Å². The van der Waals surface area contributed by atoms with E-state index in [1.807, 2.05) is 0 Å². The zero-order chi connectivity index (χ0) is 59.2. The lowest BCUT2D eigenvalue weighted by Gasteiger charge is -2.18. The van der Waals surface area contributed by atoms with Crippen LogP contribution in [0.25, 0.3) is 0 Å². The predicted molar refractivity (Wildman–Crippen MR) is 298 cm³/mol. The van der Waals surface area contributed by atoms with Crippen molar-refractivity contribution in [3.63, 3.8) is 0 Å². The van der Waals surface area contributed by atoms with Gasteiger partial charge in [-0.3, -0.25) is 33.6 Å². The molecule has 5 amide bonds. The first-order chi connectivity index (χ1) is 35.6. The number of amides is 5. The smallest absolute Gasteiger partial charge is 0.326 e. The van der Waals surface area contributed by atoms with E-state index in [-0.39, 0.29) is 45.1 Å². The number of aliphatic carboxylic acids is 6. The molecule has 0 aromatic heterocycles. The Morgan fingerprint density at radius 2 is 0.640 bits per heavy atom. The maximum absolute atomic E-state index is 12.6. The number of hydrogen-bond donors (Lipinski definition) is 17. The van der Waals surface area contributed by atoms with E-state index in [4.69, 9.17) is 21.2 Å². The van der Waals surface area contributed by atoms with E-state index in [1.165, 1.54) is 0 Å². The first kappa shape index (κ1) is 82.1. The Kier molecular flexibility index (Phi) is 64.7. The van der Waals surface area contributed by atoms with Crippen molar-refractivity contribution in [2.24, 2.45) is 11.6 Å². The number of nitrogens with one attached hydrogen (secondary N) is 5. The summed E-state index contributed by atoms with van der Waals surface area (Å²) in [4.78, 5) is 130. The normalized spacial score (nSPS) is 11.8. The van der Waals surface area contributed by atoms with Crippen molar-refractivity contribution in [3.05, 3.63) is 0 Å². The quantitative estimate of drug-likeness (QED) is 0.0181. The molecule has 0 radical (unpaired) electrons. The minimum Gasteiger partial charge on any atom is -0.481 e. The van der Waals surface area contributed by atoms with E-state index in [1.54, 1.807) is 40.4 Å².